The van der Waals surface area contributed by atoms with Gasteiger partial charge in [-0.2, -0.15) is 5.10 Å². The van der Waals surface area contributed by atoms with Crippen LogP contribution in [0.2, 0.25) is 0 Å². The average molecular weight is 437 g/mol. The molecule has 0 aliphatic carbocycles. The number of para-hydroxylation sites is 1. The number of rotatable bonds is 4. The number of aryl methyl sites for hydroxylation is 2. The van der Waals surface area contributed by atoms with Gasteiger partial charge in [-0.1, -0.05) is 42.5 Å². The molecular formula is C27H24N4O2. The van der Waals surface area contributed by atoms with Crippen LogP contribution in [-0.4, -0.2) is 20.1 Å². The molecule has 0 aliphatic rings. The second kappa shape index (κ2) is 8.06. The van der Waals surface area contributed by atoms with Gasteiger partial charge in [-0.25, -0.2) is 4.52 Å². The summed E-state index contributed by atoms with van der Waals surface area (Å²) in [6.07, 6.45) is 1.82. The second-order valence-corrected chi connectivity index (χ2v) is 8.27. The molecule has 0 saturated carbocycles. The van der Waals surface area contributed by atoms with Gasteiger partial charge in [0, 0.05) is 17.6 Å². The van der Waals surface area contributed by atoms with Crippen molar-refractivity contribution in [2.45, 2.75) is 26.8 Å². The number of amides is 1. The number of nitrogens with one attached hydrogen (secondary N) is 1. The van der Waals surface area contributed by atoms with E-state index >= 15 is 0 Å². The summed E-state index contributed by atoms with van der Waals surface area (Å²) in [5.41, 5.74) is 4.23. The molecule has 6 nitrogen and oxygen atoms in total. The van der Waals surface area contributed by atoms with Crippen LogP contribution < -0.4 is 10.9 Å². The lowest BCUT2D eigenvalue weighted by Crippen LogP contribution is -2.32. The molecule has 1 amide bonds. The van der Waals surface area contributed by atoms with Crippen molar-refractivity contribution in [2.24, 2.45) is 0 Å². The van der Waals surface area contributed by atoms with E-state index in [1.54, 1.807) is 9.08 Å². The Morgan fingerprint density at radius 1 is 0.970 bits per heavy atom. The zero-order chi connectivity index (χ0) is 23.1. The molecule has 0 unspecified atom stereocenters. The van der Waals surface area contributed by atoms with E-state index in [4.69, 9.17) is 0 Å². The number of aromatic nitrogens is 3. The molecule has 0 radical (unpaired) electrons. The summed E-state index contributed by atoms with van der Waals surface area (Å²) < 4.78 is 3.40. The van der Waals surface area contributed by atoms with E-state index in [9.17, 15) is 9.59 Å². The van der Waals surface area contributed by atoms with Gasteiger partial charge in [-0.05, 0) is 62.1 Å². The number of carbonyl (C=O) groups excluding carboxylic acids is 1. The van der Waals surface area contributed by atoms with Gasteiger partial charge < -0.3 is 5.32 Å². The summed E-state index contributed by atoms with van der Waals surface area (Å²) in [7, 11) is 0. The van der Waals surface area contributed by atoms with Crippen LogP contribution in [-0.2, 0) is 0 Å². The Balaban J connectivity index is 1.64. The number of benzene rings is 2. The van der Waals surface area contributed by atoms with E-state index in [0.717, 1.165) is 22.2 Å². The number of hydrogen-bond donors (Lipinski definition) is 1. The Bertz CT molecular complexity index is 1560. The first-order chi connectivity index (χ1) is 16.0. The average Bonchev–Trinajstić information content (AvgIpc) is 3.15. The topological polar surface area (TPSA) is 68.4 Å². The minimum atomic E-state index is -0.423. The van der Waals surface area contributed by atoms with Crippen LogP contribution >= 0.6 is 0 Å². The Labute approximate surface area is 191 Å². The highest BCUT2D eigenvalue weighted by Crippen LogP contribution is 2.24. The van der Waals surface area contributed by atoms with Gasteiger partial charge in [0.1, 0.15) is 0 Å². The molecule has 6 heteroatoms. The van der Waals surface area contributed by atoms with E-state index in [1.165, 1.54) is 0 Å². The fraction of sp³-hybridized carbons (Fsp3) is 0.148. The third-order valence-corrected chi connectivity index (χ3v) is 6.03. The number of fused-ring (bicyclic) bond motifs is 2. The third kappa shape index (κ3) is 3.49. The van der Waals surface area contributed by atoms with Gasteiger partial charge in [-0.15, -0.1) is 0 Å². The maximum atomic E-state index is 13.7. The Hall–Kier alpha value is -4.19. The molecule has 2 aromatic carbocycles. The molecule has 0 bridgehead atoms. The quantitative estimate of drug-likeness (QED) is 0.442. The first-order valence-electron chi connectivity index (χ1n) is 10.9. The van der Waals surface area contributed by atoms with E-state index in [2.05, 4.69) is 10.4 Å². The van der Waals surface area contributed by atoms with Gasteiger partial charge in [0.05, 0.1) is 28.2 Å². The summed E-state index contributed by atoms with van der Waals surface area (Å²) in [5, 5.41) is 9.08. The van der Waals surface area contributed by atoms with Crippen LogP contribution in [0.15, 0.2) is 83.8 Å². The van der Waals surface area contributed by atoms with Crippen molar-refractivity contribution >= 4 is 22.2 Å². The van der Waals surface area contributed by atoms with E-state index in [1.807, 2.05) is 99.8 Å². The molecule has 0 fully saturated rings. The SMILES string of the molecule is Cc1nn2ccccc2c1C(=O)N[C@@H](C)c1cc2cccc(C)c2c(=O)n1-c1ccccc1. The highest BCUT2D eigenvalue weighted by Gasteiger charge is 2.22. The largest absolute Gasteiger partial charge is 0.344 e. The highest BCUT2D eigenvalue weighted by atomic mass is 16.2. The van der Waals surface area contributed by atoms with Crippen molar-refractivity contribution in [3.63, 3.8) is 0 Å². The third-order valence-electron chi connectivity index (χ3n) is 6.03. The van der Waals surface area contributed by atoms with Gasteiger partial charge in [-0.3, -0.25) is 14.2 Å². The Morgan fingerprint density at radius 2 is 1.73 bits per heavy atom. The van der Waals surface area contributed by atoms with Gasteiger partial charge in [0.2, 0.25) is 0 Å². The molecular weight excluding hydrogens is 412 g/mol. The molecule has 0 spiro atoms. The maximum absolute atomic E-state index is 13.7. The molecule has 3 heterocycles. The monoisotopic (exact) mass is 436 g/mol. The summed E-state index contributed by atoms with van der Waals surface area (Å²) in [4.78, 5) is 27.0. The number of carbonyl (C=O) groups is 1. The fourth-order valence-electron chi connectivity index (χ4n) is 4.46. The Kier molecular flexibility index (Phi) is 5.05. The van der Waals surface area contributed by atoms with Crippen LogP contribution in [0.25, 0.3) is 22.0 Å². The van der Waals surface area contributed by atoms with E-state index in [0.29, 0.717) is 22.3 Å². The zero-order valence-corrected chi connectivity index (χ0v) is 18.7. The summed E-state index contributed by atoms with van der Waals surface area (Å²) in [6.45, 7) is 5.66. The van der Waals surface area contributed by atoms with E-state index < -0.39 is 6.04 Å². The first kappa shape index (κ1) is 20.7. The molecule has 0 aliphatic heterocycles. The molecule has 5 rings (SSSR count). The lowest BCUT2D eigenvalue weighted by atomic mass is 10.0. The van der Waals surface area contributed by atoms with Crippen molar-refractivity contribution in [2.75, 3.05) is 0 Å². The van der Waals surface area contributed by atoms with Crippen molar-refractivity contribution in [1.29, 1.82) is 0 Å². The van der Waals surface area contributed by atoms with Crippen molar-refractivity contribution < 1.29 is 4.79 Å². The molecule has 1 N–H and O–H groups in total. The standard InChI is InChI=1S/C27H24N4O2/c1-17-10-9-11-20-16-23(31(27(33)24(17)20)21-12-5-4-6-13-21)18(2)28-26(32)25-19(3)29-30-15-8-7-14-22(25)30/h4-16,18H,1-3H3,(H,28,32)/t18-/m0/s1. The van der Waals surface area contributed by atoms with Crippen LogP contribution in [0, 0.1) is 13.8 Å². The lowest BCUT2D eigenvalue weighted by Gasteiger charge is -2.21. The molecule has 33 heavy (non-hydrogen) atoms. The summed E-state index contributed by atoms with van der Waals surface area (Å²) in [6, 6.07) is 22.5. The first-order valence-corrected chi connectivity index (χ1v) is 10.9. The molecule has 0 saturated heterocycles. The van der Waals surface area contributed by atoms with E-state index in [-0.39, 0.29) is 11.5 Å². The smallest absolute Gasteiger partial charge is 0.263 e. The van der Waals surface area contributed by atoms with Crippen LogP contribution in [0.3, 0.4) is 0 Å². The summed E-state index contributed by atoms with van der Waals surface area (Å²) >= 11 is 0. The molecule has 5 aromatic rings. The summed E-state index contributed by atoms with van der Waals surface area (Å²) in [5.74, 6) is -0.224. The van der Waals surface area contributed by atoms with Gasteiger partial charge in [0.15, 0.2) is 0 Å². The lowest BCUT2D eigenvalue weighted by molar-refractivity contribution is 0.0939. The second-order valence-electron chi connectivity index (χ2n) is 8.27. The van der Waals surface area contributed by atoms with Crippen LogP contribution in [0.4, 0.5) is 0 Å². The fourth-order valence-corrected chi connectivity index (χ4v) is 4.46. The van der Waals surface area contributed by atoms with Crippen molar-refractivity contribution in [3.05, 3.63) is 112 Å². The maximum Gasteiger partial charge on any atom is 0.263 e. The minimum absolute atomic E-state index is 0.0972. The Morgan fingerprint density at radius 3 is 2.52 bits per heavy atom. The number of pyridine rings is 2. The molecule has 1 atom stereocenters. The van der Waals surface area contributed by atoms with Gasteiger partial charge >= 0.3 is 0 Å². The predicted octanol–water partition coefficient (Wildman–Crippen LogP) is 4.75. The minimum Gasteiger partial charge on any atom is -0.344 e. The zero-order valence-electron chi connectivity index (χ0n) is 18.7. The molecule has 164 valence electrons. The normalized spacial score (nSPS) is 12.2. The van der Waals surface area contributed by atoms with Crippen molar-refractivity contribution in [1.82, 2.24) is 19.5 Å². The van der Waals surface area contributed by atoms with Crippen molar-refractivity contribution in [3.8, 4) is 5.69 Å². The molecule has 3 aromatic heterocycles. The number of hydrogen-bond acceptors (Lipinski definition) is 3. The van der Waals surface area contributed by atoms with Gasteiger partial charge in [0.25, 0.3) is 11.5 Å². The van der Waals surface area contributed by atoms with Crippen LogP contribution in [0.1, 0.15) is 40.3 Å². The predicted molar refractivity (Wildman–Crippen MR) is 130 cm³/mol. The number of nitrogens with zero attached hydrogens (tertiary/aromatic N) is 3. The highest BCUT2D eigenvalue weighted by molar-refractivity contribution is 6.02. The van der Waals surface area contributed by atoms with Crippen LogP contribution in [0.5, 0.6) is 0 Å².